The molecule has 1 heterocycles. The molecule has 2 aromatic carbocycles. The minimum absolute atomic E-state index is 0.190. The van der Waals surface area contributed by atoms with Gasteiger partial charge >= 0.3 is 12.2 Å². The Morgan fingerprint density at radius 2 is 1.64 bits per heavy atom. The fourth-order valence-electron chi connectivity index (χ4n) is 3.92. The molecule has 1 atom stereocenters. The van der Waals surface area contributed by atoms with E-state index in [2.05, 4.69) is 0 Å². The molecule has 0 aliphatic carbocycles. The Kier molecular flexibility index (Phi) is 9.27. The van der Waals surface area contributed by atoms with Crippen LogP contribution in [0.1, 0.15) is 32.8 Å². The maximum Gasteiger partial charge on any atom is 0.410 e. The molecule has 1 aliphatic rings. The molecule has 1 aliphatic heterocycles. The minimum atomic E-state index is -0.627. The van der Waals surface area contributed by atoms with Crippen LogP contribution in [0.3, 0.4) is 0 Å². The molecule has 196 valence electrons. The van der Waals surface area contributed by atoms with E-state index in [1.165, 1.54) is 0 Å². The SMILES string of the molecule is COc1cccc(OCC[C@@H]2CN(C(=O)OCc3ccccc3)CCN2C(=O)OC(C)(C)C)c1OC. The van der Waals surface area contributed by atoms with Crippen LogP contribution < -0.4 is 14.2 Å². The normalized spacial score (nSPS) is 15.8. The van der Waals surface area contributed by atoms with Crippen molar-refractivity contribution < 1.29 is 33.3 Å². The number of piperazine rings is 1. The number of para-hydroxylation sites is 1. The van der Waals surface area contributed by atoms with Crippen molar-refractivity contribution in [1.29, 1.82) is 0 Å². The monoisotopic (exact) mass is 500 g/mol. The van der Waals surface area contributed by atoms with Crippen LogP contribution in [0.5, 0.6) is 17.2 Å². The van der Waals surface area contributed by atoms with E-state index in [0.717, 1.165) is 5.56 Å². The Labute approximate surface area is 212 Å². The molecule has 2 aromatic rings. The van der Waals surface area contributed by atoms with Crippen molar-refractivity contribution in [2.24, 2.45) is 0 Å². The van der Waals surface area contributed by atoms with Crippen molar-refractivity contribution in [2.75, 3.05) is 40.5 Å². The number of benzene rings is 2. The highest BCUT2D eigenvalue weighted by Crippen LogP contribution is 2.36. The van der Waals surface area contributed by atoms with Gasteiger partial charge in [0.2, 0.25) is 5.75 Å². The van der Waals surface area contributed by atoms with Crippen molar-refractivity contribution in [3.63, 3.8) is 0 Å². The number of carbonyl (C=O) groups is 2. The third-order valence-corrected chi connectivity index (χ3v) is 5.65. The van der Waals surface area contributed by atoms with Gasteiger partial charge in [0.25, 0.3) is 0 Å². The summed E-state index contributed by atoms with van der Waals surface area (Å²) in [6, 6.07) is 14.6. The van der Waals surface area contributed by atoms with Crippen molar-refractivity contribution in [3.8, 4) is 17.2 Å². The Balaban J connectivity index is 1.66. The van der Waals surface area contributed by atoms with E-state index in [-0.39, 0.29) is 12.6 Å². The van der Waals surface area contributed by atoms with Crippen LogP contribution in [-0.2, 0) is 16.1 Å². The average Bonchev–Trinajstić information content (AvgIpc) is 2.86. The van der Waals surface area contributed by atoms with E-state index < -0.39 is 17.8 Å². The summed E-state index contributed by atoms with van der Waals surface area (Å²) in [4.78, 5) is 29.0. The number of nitrogens with zero attached hydrogens (tertiary/aromatic N) is 2. The van der Waals surface area contributed by atoms with Gasteiger partial charge in [-0.05, 0) is 38.5 Å². The maximum absolute atomic E-state index is 12.9. The molecule has 1 saturated heterocycles. The van der Waals surface area contributed by atoms with E-state index in [9.17, 15) is 9.59 Å². The second-order valence-electron chi connectivity index (χ2n) is 9.44. The molecule has 2 amide bonds. The van der Waals surface area contributed by atoms with Gasteiger partial charge in [0, 0.05) is 26.1 Å². The highest BCUT2D eigenvalue weighted by Gasteiger charge is 2.35. The lowest BCUT2D eigenvalue weighted by atomic mass is 10.1. The third-order valence-electron chi connectivity index (χ3n) is 5.65. The van der Waals surface area contributed by atoms with Gasteiger partial charge in [0.1, 0.15) is 12.2 Å². The Bertz CT molecular complexity index is 1010. The van der Waals surface area contributed by atoms with Gasteiger partial charge in [-0.25, -0.2) is 9.59 Å². The second kappa shape index (κ2) is 12.4. The van der Waals surface area contributed by atoms with Gasteiger partial charge in [0.05, 0.1) is 26.9 Å². The Hall–Kier alpha value is -3.62. The summed E-state index contributed by atoms with van der Waals surface area (Å²) in [5, 5.41) is 0. The maximum atomic E-state index is 12.9. The number of methoxy groups -OCH3 is 2. The zero-order chi connectivity index (χ0) is 26.1. The first-order valence-corrected chi connectivity index (χ1v) is 12.0. The number of carbonyl (C=O) groups excluding carboxylic acids is 2. The van der Waals surface area contributed by atoms with Crippen molar-refractivity contribution in [1.82, 2.24) is 9.80 Å². The van der Waals surface area contributed by atoms with Gasteiger partial charge < -0.3 is 33.5 Å². The molecule has 1 fully saturated rings. The molecule has 0 aromatic heterocycles. The first-order chi connectivity index (χ1) is 17.2. The number of amides is 2. The largest absolute Gasteiger partial charge is 0.493 e. The van der Waals surface area contributed by atoms with Crippen molar-refractivity contribution >= 4 is 12.2 Å². The molecule has 0 radical (unpaired) electrons. The lowest BCUT2D eigenvalue weighted by molar-refractivity contribution is -0.00618. The summed E-state index contributed by atoms with van der Waals surface area (Å²) in [6.45, 7) is 6.97. The standard InChI is InChI=1S/C27H36N2O7/c1-27(2,3)36-26(31)29-16-15-28(25(30)35-19-20-10-7-6-8-11-20)18-21(29)14-17-34-23-13-9-12-22(32-4)24(23)33-5/h6-13,21H,14-19H2,1-5H3/t21-/m1/s1. The lowest BCUT2D eigenvalue weighted by Gasteiger charge is -2.41. The lowest BCUT2D eigenvalue weighted by Crippen LogP contribution is -2.57. The zero-order valence-electron chi connectivity index (χ0n) is 21.7. The van der Waals surface area contributed by atoms with Crippen LogP contribution in [0.4, 0.5) is 9.59 Å². The second-order valence-corrected chi connectivity index (χ2v) is 9.44. The Morgan fingerprint density at radius 1 is 0.917 bits per heavy atom. The zero-order valence-corrected chi connectivity index (χ0v) is 21.7. The van der Waals surface area contributed by atoms with E-state index in [1.807, 2.05) is 57.2 Å². The predicted molar refractivity (Wildman–Crippen MR) is 135 cm³/mol. The highest BCUT2D eigenvalue weighted by atomic mass is 16.6. The summed E-state index contributed by atoms with van der Waals surface area (Å²) in [7, 11) is 3.11. The molecule has 9 heteroatoms. The fourth-order valence-corrected chi connectivity index (χ4v) is 3.92. The van der Waals surface area contributed by atoms with Crippen molar-refractivity contribution in [3.05, 3.63) is 54.1 Å². The summed E-state index contributed by atoms with van der Waals surface area (Å²) < 4.78 is 27.9. The van der Waals surface area contributed by atoms with E-state index in [0.29, 0.717) is 49.9 Å². The van der Waals surface area contributed by atoms with E-state index in [4.69, 9.17) is 23.7 Å². The number of ether oxygens (including phenoxy) is 5. The van der Waals surface area contributed by atoms with Crippen LogP contribution in [0.15, 0.2) is 48.5 Å². The molecule has 0 spiro atoms. The van der Waals surface area contributed by atoms with Crippen LogP contribution in [-0.4, -0.2) is 74.1 Å². The van der Waals surface area contributed by atoms with Gasteiger partial charge in [-0.15, -0.1) is 0 Å². The number of hydrogen-bond donors (Lipinski definition) is 0. The first-order valence-electron chi connectivity index (χ1n) is 12.0. The molecular weight excluding hydrogens is 464 g/mol. The molecule has 36 heavy (non-hydrogen) atoms. The topological polar surface area (TPSA) is 86.8 Å². The summed E-state index contributed by atoms with van der Waals surface area (Å²) in [6.07, 6.45) is -0.353. The van der Waals surface area contributed by atoms with E-state index >= 15 is 0 Å². The molecule has 0 saturated carbocycles. The van der Waals surface area contributed by atoms with Crippen LogP contribution in [0, 0.1) is 0 Å². The Morgan fingerprint density at radius 3 is 2.31 bits per heavy atom. The minimum Gasteiger partial charge on any atom is -0.493 e. The van der Waals surface area contributed by atoms with Crippen LogP contribution in [0.2, 0.25) is 0 Å². The molecular formula is C27H36N2O7. The quantitative estimate of drug-likeness (QED) is 0.518. The van der Waals surface area contributed by atoms with Gasteiger partial charge in [-0.1, -0.05) is 36.4 Å². The third kappa shape index (κ3) is 7.44. The summed E-state index contributed by atoms with van der Waals surface area (Å²) >= 11 is 0. The molecule has 0 N–H and O–H groups in total. The van der Waals surface area contributed by atoms with Gasteiger partial charge in [-0.3, -0.25) is 0 Å². The fraction of sp³-hybridized carbons (Fsp3) is 0.481. The van der Waals surface area contributed by atoms with E-state index in [1.54, 1.807) is 36.2 Å². The number of rotatable bonds is 8. The van der Waals surface area contributed by atoms with Crippen LogP contribution in [0.25, 0.3) is 0 Å². The summed E-state index contributed by atoms with van der Waals surface area (Å²) in [5.74, 6) is 1.60. The highest BCUT2D eigenvalue weighted by molar-refractivity contribution is 5.71. The molecule has 9 nitrogen and oxygen atoms in total. The summed E-state index contributed by atoms with van der Waals surface area (Å²) in [5.41, 5.74) is 0.285. The first kappa shape index (κ1) is 27.0. The van der Waals surface area contributed by atoms with Crippen molar-refractivity contribution in [2.45, 2.75) is 45.4 Å². The van der Waals surface area contributed by atoms with Gasteiger partial charge in [-0.2, -0.15) is 0 Å². The molecule has 0 bridgehead atoms. The average molecular weight is 501 g/mol. The predicted octanol–water partition coefficient (Wildman–Crippen LogP) is 4.73. The molecule has 3 rings (SSSR count). The molecule has 0 unspecified atom stereocenters. The van der Waals surface area contributed by atoms with Gasteiger partial charge in [0.15, 0.2) is 11.5 Å². The smallest absolute Gasteiger partial charge is 0.410 e. The number of hydrogen-bond acceptors (Lipinski definition) is 7. The van der Waals surface area contributed by atoms with Crippen LogP contribution >= 0.6 is 0 Å².